The molecule has 1 amide bonds. The number of amides is 1. The normalized spacial score (nSPS) is 25.0. The fourth-order valence-corrected chi connectivity index (χ4v) is 5.32. The summed E-state index contributed by atoms with van der Waals surface area (Å²) in [6.45, 7) is 2.69. The third-order valence-electron chi connectivity index (χ3n) is 5.19. The molecule has 2 fully saturated rings. The zero-order valence-electron chi connectivity index (χ0n) is 14.6. The second kappa shape index (κ2) is 7.39. The highest BCUT2D eigenvalue weighted by atomic mass is 32.2. The first-order chi connectivity index (χ1) is 12.0. The molecule has 0 radical (unpaired) electrons. The predicted octanol–water partition coefficient (Wildman–Crippen LogP) is 1.12. The van der Waals surface area contributed by atoms with Crippen molar-refractivity contribution in [3.8, 4) is 0 Å². The number of hydrogen-bond acceptors (Lipinski definition) is 5. The van der Waals surface area contributed by atoms with E-state index in [0.717, 1.165) is 25.8 Å². The summed E-state index contributed by atoms with van der Waals surface area (Å²) in [5.74, 6) is 0.0961. The SMILES string of the molecule is COCCCN1CCCC2(CCN(S(=O)(=O)c3cccnc3)C2)C1=O. The van der Waals surface area contributed by atoms with Crippen molar-refractivity contribution < 1.29 is 17.9 Å². The number of nitrogens with zero attached hydrogens (tertiary/aromatic N) is 3. The van der Waals surface area contributed by atoms with Crippen molar-refractivity contribution in [2.45, 2.75) is 30.6 Å². The lowest BCUT2D eigenvalue weighted by atomic mass is 9.78. The largest absolute Gasteiger partial charge is 0.385 e. The zero-order chi connectivity index (χ0) is 17.9. The number of carbonyl (C=O) groups excluding carboxylic acids is 1. The van der Waals surface area contributed by atoms with E-state index >= 15 is 0 Å². The fourth-order valence-electron chi connectivity index (χ4n) is 3.83. The Hall–Kier alpha value is -1.51. The molecule has 0 aliphatic carbocycles. The van der Waals surface area contributed by atoms with Gasteiger partial charge in [-0.1, -0.05) is 0 Å². The quantitative estimate of drug-likeness (QED) is 0.704. The molecule has 7 nitrogen and oxygen atoms in total. The number of aromatic nitrogens is 1. The van der Waals surface area contributed by atoms with Gasteiger partial charge in [0.1, 0.15) is 4.90 Å². The molecule has 0 N–H and O–H groups in total. The topological polar surface area (TPSA) is 79.8 Å². The van der Waals surface area contributed by atoms with E-state index in [2.05, 4.69) is 4.98 Å². The number of hydrogen-bond donors (Lipinski definition) is 0. The molecule has 0 saturated carbocycles. The van der Waals surface area contributed by atoms with Crippen molar-refractivity contribution in [3.63, 3.8) is 0 Å². The van der Waals surface area contributed by atoms with E-state index in [-0.39, 0.29) is 17.3 Å². The Kier molecular flexibility index (Phi) is 5.41. The van der Waals surface area contributed by atoms with Gasteiger partial charge in [-0.05, 0) is 37.8 Å². The predicted molar refractivity (Wildman–Crippen MR) is 92.4 cm³/mol. The summed E-state index contributed by atoms with van der Waals surface area (Å²) in [6.07, 6.45) is 5.97. The maximum atomic E-state index is 13.0. The van der Waals surface area contributed by atoms with Gasteiger partial charge in [-0.15, -0.1) is 0 Å². The molecule has 1 spiro atoms. The number of piperidine rings is 1. The van der Waals surface area contributed by atoms with Crippen LogP contribution in [0.1, 0.15) is 25.7 Å². The highest BCUT2D eigenvalue weighted by Gasteiger charge is 2.50. The first-order valence-electron chi connectivity index (χ1n) is 8.68. The molecule has 1 unspecified atom stereocenters. The van der Waals surface area contributed by atoms with E-state index < -0.39 is 15.4 Å². The average Bonchev–Trinajstić information content (AvgIpc) is 3.06. The fraction of sp³-hybridized carbons (Fsp3) is 0.647. The van der Waals surface area contributed by atoms with Gasteiger partial charge in [-0.25, -0.2) is 8.42 Å². The molecule has 8 heteroatoms. The van der Waals surface area contributed by atoms with E-state index in [1.807, 2.05) is 4.90 Å². The van der Waals surface area contributed by atoms with Gasteiger partial charge in [0.25, 0.3) is 0 Å². The van der Waals surface area contributed by atoms with Gasteiger partial charge in [-0.2, -0.15) is 4.31 Å². The number of carbonyl (C=O) groups is 1. The van der Waals surface area contributed by atoms with Gasteiger partial charge in [0.15, 0.2) is 0 Å². The van der Waals surface area contributed by atoms with Crippen molar-refractivity contribution in [1.29, 1.82) is 0 Å². The number of pyridine rings is 1. The molecular formula is C17H25N3O4S. The summed E-state index contributed by atoms with van der Waals surface area (Å²) in [5, 5.41) is 0. The van der Waals surface area contributed by atoms with E-state index in [0.29, 0.717) is 26.1 Å². The summed E-state index contributed by atoms with van der Waals surface area (Å²) in [4.78, 5) is 19.0. The molecule has 0 aromatic carbocycles. The Bertz CT molecular complexity index is 710. The Labute approximate surface area is 149 Å². The smallest absolute Gasteiger partial charge is 0.244 e. The second-order valence-corrected chi connectivity index (χ2v) is 8.74. The standard InChI is InChI=1S/C17H25N3O4S/c1-24-12-4-10-19-9-3-6-17(16(19)21)7-11-20(14-17)25(22,23)15-5-2-8-18-13-15/h2,5,8,13H,3-4,6-7,9-12,14H2,1H3. The Morgan fingerprint density at radius 2 is 2.16 bits per heavy atom. The van der Waals surface area contributed by atoms with Crippen LogP contribution in [0, 0.1) is 5.41 Å². The van der Waals surface area contributed by atoms with Crippen molar-refractivity contribution in [2.75, 3.05) is 39.9 Å². The third-order valence-corrected chi connectivity index (χ3v) is 7.02. The first kappa shape index (κ1) is 18.3. The van der Waals surface area contributed by atoms with Crippen LogP contribution in [0.25, 0.3) is 0 Å². The van der Waals surface area contributed by atoms with Crippen LogP contribution >= 0.6 is 0 Å². The van der Waals surface area contributed by atoms with Crippen LogP contribution in [0.3, 0.4) is 0 Å². The summed E-state index contributed by atoms with van der Waals surface area (Å²) >= 11 is 0. The first-order valence-corrected chi connectivity index (χ1v) is 10.1. The molecule has 1 aromatic rings. The van der Waals surface area contributed by atoms with Gasteiger partial charge in [-0.3, -0.25) is 9.78 Å². The summed E-state index contributed by atoms with van der Waals surface area (Å²) in [7, 11) is -1.95. The van der Waals surface area contributed by atoms with Crippen LogP contribution in [0.4, 0.5) is 0 Å². The Morgan fingerprint density at radius 1 is 1.32 bits per heavy atom. The van der Waals surface area contributed by atoms with Crippen molar-refractivity contribution in [1.82, 2.24) is 14.2 Å². The van der Waals surface area contributed by atoms with Gasteiger partial charge in [0, 0.05) is 52.3 Å². The molecule has 25 heavy (non-hydrogen) atoms. The Balaban J connectivity index is 1.73. The molecule has 1 atom stereocenters. The van der Waals surface area contributed by atoms with Gasteiger partial charge in [0.05, 0.1) is 5.41 Å². The Morgan fingerprint density at radius 3 is 2.88 bits per heavy atom. The van der Waals surface area contributed by atoms with Crippen LogP contribution in [0.5, 0.6) is 0 Å². The molecule has 2 aliphatic heterocycles. The summed E-state index contributed by atoms with van der Waals surface area (Å²) in [6, 6.07) is 3.16. The van der Waals surface area contributed by atoms with Crippen LogP contribution in [-0.4, -0.2) is 68.4 Å². The van der Waals surface area contributed by atoms with Crippen LogP contribution in [-0.2, 0) is 19.6 Å². The number of likely N-dealkylation sites (tertiary alicyclic amines) is 1. The van der Waals surface area contributed by atoms with Gasteiger partial charge >= 0.3 is 0 Å². The van der Waals surface area contributed by atoms with Gasteiger partial charge in [0.2, 0.25) is 15.9 Å². The molecule has 138 valence electrons. The van der Waals surface area contributed by atoms with E-state index in [1.165, 1.54) is 10.5 Å². The molecular weight excluding hydrogens is 342 g/mol. The van der Waals surface area contributed by atoms with E-state index in [1.54, 1.807) is 25.4 Å². The lowest BCUT2D eigenvalue weighted by molar-refractivity contribution is -0.145. The second-order valence-electron chi connectivity index (χ2n) is 6.80. The minimum absolute atomic E-state index is 0.0961. The lowest BCUT2D eigenvalue weighted by Crippen LogP contribution is -2.50. The maximum absolute atomic E-state index is 13.0. The molecule has 0 bridgehead atoms. The summed E-state index contributed by atoms with van der Waals surface area (Å²) < 4.78 is 32.1. The van der Waals surface area contributed by atoms with E-state index in [4.69, 9.17) is 4.74 Å². The van der Waals surface area contributed by atoms with E-state index in [9.17, 15) is 13.2 Å². The molecule has 2 saturated heterocycles. The van der Waals surface area contributed by atoms with Crippen molar-refractivity contribution in [3.05, 3.63) is 24.5 Å². The monoisotopic (exact) mass is 367 g/mol. The number of ether oxygens (including phenoxy) is 1. The minimum atomic E-state index is -3.60. The molecule has 3 heterocycles. The maximum Gasteiger partial charge on any atom is 0.244 e. The minimum Gasteiger partial charge on any atom is -0.385 e. The third kappa shape index (κ3) is 3.56. The van der Waals surface area contributed by atoms with Crippen molar-refractivity contribution >= 4 is 15.9 Å². The van der Waals surface area contributed by atoms with Crippen molar-refractivity contribution in [2.24, 2.45) is 5.41 Å². The zero-order valence-corrected chi connectivity index (χ0v) is 15.4. The van der Waals surface area contributed by atoms with Crippen LogP contribution in [0.15, 0.2) is 29.4 Å². The summed E-state index contributed by atoms with van der Waals surface area (Å²) in [5.41, 5.74) is -0.569. The number of sulfonamides is 1. The van der Waals surface area contributed by atoms with Crippen LogP contribution < -0.4 is 0 Å². The molecule has 3 rings (SSSR count). The number of rotatable bonds is 6. The molecule has 1 aromatic heterocycles. The van der Waals surface area contributed by atoms with Crippen LogP contribution in [0.2, 0.25) is 0 Å². The number of methoxy groups -OCH3 is 1. The highest BCUT2D eigenvalue weighted by molar-refractivity contribution is 7.89. The average molecular weight is 367 g/mol. The molecule has 2 aliphatic rings. The highest BCUT2D eigenvalue weighted by Crippen LogP contribution is 2.41. The van der Waals surface area contributed by atoms with Gasteiger partial charge < -0.3 is 9.64 Å². The lowest BCUT2D eigenvalue weighted by Gasteiger charge is -2.39.